The molecule has 90 valence electrons. The average Bonchev–Trinajstić information content (AvgIpc) is 2.64. The lowest BCUT2D eigenvalue weighted by Gasteiger charge is -2.23. The van der Waals surface area contributed by atoms with Gasteiger partial charge in [-0.05, 0) is 30.3 Å². The molecule has 0 amide bonds. The minimum absolute atomic E-state index is 0.110. The van der Waals surface area contributed by atoms with E-state index in [0.717, 1.165) is 0 Å². The van der Waals surface area contributed by atoms with Gasteiger partial charge in [0, 0.05) is 16.8 Å². The Balaban J connectivity index is 2.26. The predicted molar refractivity (Wildman–Crippen MR) is 70.0 cm³/mol. The van der Waals surface area contributed by atoms with Crippen molar-refractivity contribution in [1.29, 1.82) is 0 Å². The smallest absolute Gasteiger partial charge is 0.191 e. The van der Waals surface area contributed by atoms with Crippen molar-refractivity contribution in [3.8, 4) is 0 Å². The number of hydrogen-bond acceptors (Lipinski definition) is 4. The number of aliphatic imine (C=N–C) groups is 1. The van der Waals surface area contributed by atoms with Gasteiger partial charge in [0.25, 0.3) is 0 Å². The number of fused-ring (bicyclic) bond motifs is 1. The molecule has 0 radical (unpaired) electrons. The van der Waals surface area contributed by atoms with Gasteiger partial charge >= 0.3 is 0 Å². The minimum atomic E-state index is -1.50. The SMILES string of the molecule is NC1=Nc2ccc(Cl)cc2C1(O)c1ccccn1. The average molecular weight is 260 g/mol. The lowest BCUT2D eigenvalue weighted by Crippen LogP contribution is -2.40. The highest BCUT2D eigenvalue weighted by Gasteiger charge is 2.43. The molecule has 1 aliphatic rings. The number of halogens is 1. The fraction of sp³-hybridized carbons (Fsp3) is 0.0769. The number of benzene rings is 1. The van der Waals surface area contributed by atoms with Gasteiger partial charge in [0.1, 0.15) is 5.84 Å². The largest absolute Gasteiger partial charge is 0.384 e. The third-order valence-electron chi connectivity index (χ3n) is 3.00. The van der Waals surface area contributed by atoms with E-state index in [1.165, 1.54) is 0 Å². The molecule has 1 atom stereocenters. The van der Waals surface area contributed by atoms with Crippen molar-refractivity contribution in [2.45, 2.75) is 5.60 Å². The van der Waals surface area contributed by atoms with Crippen LogP contribution in [0.25, 0.3) is 0 Å². The molecule has 0 spiro atoms. The Labute approximate surface area is 109 Å². The van der Waals surface area contributed by atoms with Crippen LogP contribution in [0.5, 0.6) is 0 Å². The van der Waals surface area contributed by atoms with Gasteiger partial charge in [-0.25, -0.2) is 4.99 Å². The zero-order valence-electron chi connectivity index (χ0n) is 9.34. The first-order valence-electron chi connectivity index (χ1n) is 5.41. The van der Waals surface area contributed by atoms with Gasteiger partial charge in [-0.3, -0.25) is 4.98 Å². The van der Waals surface area contributed by atoms with Gasteiger partial charge in [0.05, 0.1) is 11.4 Å². The zero-order chi connectivity index (χ0) is 12.8. The van der Waals surface area contributed by atoms with Crippen LogP contribution in [0.2, 0.25) is 5.02 Å². The summed E-state index contributed by atoms with van der Waals surface area (Å²) in [6.07, 6.45) is 1.60. The van der Waals surface area contributed by atoms with Gasteiger partial charge in [-0.1, -0.05) is 17.7 Å². The Hall–Kier alpha value is -1.91. The molecule has 2 aromatic rings. The number of amidine groups is 1. The summed E-state index contributed by atoms with van der Waals surface area (Å²) in [5.41, 5.74) is 5.98. The van der Waals surface area contributed by atoms with E-state index in [0.29, 0.717) is 22.0 Å². The van der Waals surface area contributed by atoms with Crippen LogP contribution in [0.4, 0.5) is 5.69 Å². The molecular weight excluding hydrogens is 250 g/mol. The topological polar surface area (TPSA) is 71.5 Å². The Bertz CT molecular complexity index is 642. The van der Waals surface area contributed by atoms with Crippen LogP contribution in [-0.2, 0) is 5.60 Å². The first-order valence-corrected chi connectivity index (χ1v) is 5.78. The van der Waals surface area contributed by atoms with E-state index in [-0.39, 0.29) is 5.84 Å². The maximum Gasteiger partial charge on any atom is 0.191 e. The molecule has 0 saturated carbocycles. The van der Waals surface area contributed by atoms with Gasteiger partial charge in [0.15, 0.2) is 5.60 Å². The molecule has 1 aromatic heterocycles. The number of pyridine rings is 1. The van der Waals surface area contributed by atoms with Crippen molar-refractivity contribution in [3.63, 3.8) is 0 Å². The molecule has 3 rings (SSSR count). The summed E-state index contributed by atoms with van der Waals surface area (Å²) in [6.45, 7) is 0. The second-order valence-electron chi connectivity index (χ2n) is 4.08. The highest BCUT2D eigenvalue weighted by molar-refractivity contribution is 6.30. The quantitative estimate of drug-likeness (QED) is 0.823. The van der Waals surface area contributed by atoms with Crippen LogP contribution in [0.1, 0.15) is 11.3 Å². The number of rotatable bonds is 1. The second-order valence-corrected chi connectivity index (χ2v) is 4.52. The van der Waals surface area contributed by atoms with Crippen molar-refractivity contribution < 1.29 is 5.11 Å². The lowest BCUT2D eigenvalue weighted by atomic mass is 9.90. The normalized spacial score (nSPS) is 21.6. The van der Waals surface area contributed by atoms with E-state index in [1.54, 1.807) is 42.6 Å². The number of aliphatic hydroxyl groups is 1. The van der Waals surface area contributed by atoms with Crippen molar-refractivity contribution in [1.82, 2.24) is 4.98 Å². The standard InChI is InChI=1S/C13H10ClN3O/c14-8-4-5-10-9(7-8)13(18,12(15)17-10)11-3-1-2-6-16-11/h1-7,18H,(H2,15,17). The molecule has 18 heavy (non-hydrogen) atoms. The summed E-state index contributed by atoms with van der Waals surface area (Å²) in [4.78, 5) is 8.33. The molecule has 1 aliphatic heterocycles. The molecule has 5 heteroatoms. The fourth-order valence-corrected chi connectivity index (χ4v) is 2.26. The van der Waals surface area contributed by atoms with Crippen LogP contribution in [0, 0.1) is 0 Å². The number of aromatic nitrogens is 1. The summed E-state index contributed by atoms with van der Waals surface area (Å²) in [6, 6.07) is 10.4. The van der Waals surface area contributed by atoms with E-state index in [9.17, 15) is 5.11 Å². The second kappa shape index (κ2) is 3.80. The Kier molecular flexibility index (Phi) is 2.36. The lowest BCUT2D eigenvalue weighted by molar-refractivity contribution is 0.153. The molecule has 0 fully saturated rings. The third-order valence-corrected chi connectivity index (χ3v) is 3.23. The van der Waals surface area contributed by atoms with E-state index >= 15 is 0 Å². The van der Waals surface area contributed by atoms with Gasteiger partial charge in [-0.2, -0.15) is 0 Å². The zero-order valence-corrected chi connectivity index (χ0v) is 10.1. The molecule has 3 N–H and O–H groups in total. The van der Waals surface area contributed by atoms with Gasteiger partial charge < -0.3 is 10.8 Å². The summed E-state index contributed by atoms with van der Waals surface area (Å²) in [7, 11) is 0. The summed E-state index contributed by atoms with van der Waals surface area (Å²) in [5, 5.41) is 11.4. The highest BCUT2D eigenvalue weighted by atomic mass is 35.5. The van der Waals surface area contributed by atoms with E-state index in [1.807, 2.05) is 0 Å². The number of nitrogens with zero attached hydrogens (tertiary/aromatic N) is 2. The maximum atomic E-state index is 10.8. The van der Waals surface area contributed by atoms with Crippen LogP contribution in [0.3, 0.4) is 0 Å². The molecule has 0 saturated heterocycles. The van der Waals surface area contributed by atoms with Crippen LogP contribution in [-0.4, -0.2) is 15.9 Å². The molecule has 0 bridgehead atoms. The van der Waals surface area contributed by atoms with Crippen molar-refractivity contribution in [2.24, 2.45) is 10.7 Å². The van der Waals surface area contributed by atoms with Crippen molar-refractivity contribution >= 4 is 23.1 Å². The first-order chi connectivity index (χ1) is 8.62. The predicted octanol–water partition coefficient (Wildman–Crippen LogP) is 1.97. The molecule has 1 unspecified atom stereocenters. The Morgan fingerprint density at radius 1 is 1.22 bits per heavy atom. The van der Waals surface area contributed by atoms with Crippen molar-refractivity contribution in [2.75, 3.05) is 0 Å². The van der Waals surface area contributed by atoms with E-state index in [2.05, 4.69) is 9.98 Å². The molecule has 1 aromatic carbocycles. The van der Waals surface area contributed by atoms with E-state index < -0.39 is 5.60 Å². The summed E-state index contributed by atoms with van der Waals surface area (Å²) in [5.74, 6) is 0.110. The summed E-state index contributed by atoms with van der Waals surface area (Å²) < 4.78 is 0. The Morgan fingerprint density at radius 2 is 2.06 bits per heavy atom. The van der Waals surface area contributed by atoms with Crippen LogP contribution >= 0.6 is 11.6 Å². The van der Waals surface area contributed by atoms with Gasteiger partial charge in [-0.15, -0.1) is 0 Å². The van der Waals surface area contributed by atoms with Gasteiger partial charge in [0.2, 0.25) is 0 Å². The minimum Gasteiger partial charge on any atom is -0.384 e. The van der Waals surface area contributed by atoms with Crippen LogP contribution < -0.4 is 5.73 Å². The molecular formula is C13H10ClN3O. The first kappa shape index (κ1) is 11.2. The van der Waals surface area contributed by atoms with Crippen LogP contribution in [0.15, 0.2) is 47.6 Å². The third kappa shape index (κ3) is 1.43. The monoisotopic (exact) mass is 259 g/mol. The number of nitrogens with two attached hydrogens (primary N) is 1. The number of hydrogen-bond donors (Lipinski definition) is 2. The molecule has 0 aliphatic carbocycles. The van der Waals surface area contributed by atoms with Crippen molar-refractivity contribution in [3.05, 3.63) is 58.9 Å². The Morgan fingerprint density at radius 3 is 2.78 bits per heavy atom. The summed E-state index contributed by atoms with van der Waals surface area (Å²) >= 11 is 5.96. The fourth-order valence-electron chi connectivity index (χ4n) is 2.09. The molecule has 4 nitrogen and oxygen atoms in total. The molecule has 2 heterocycles. The van der Waals surface area contributed by atoms with E-state index in [4.69, 9.17) is 17.3 Å². The maximum absolute atomic E-state index is 10.8. The highest BCUT2D eigenvalue weighted by Crippen LogP contribution is 2.41.